The molecule has 1 N–H and O–H groups in total. The Balaban J connectivity index is 1.63. The second kappa shape index (κ2) is 7.82. The highest BCUT2D eigenvalue weighted by Gasteiger charge is 2.27. The Labute approximate surface area is 139 Å². The summed E-state index contributed by atoms with van der Waals surface area (Å²) in [4.78, 5) is 14.8. The van der Waals surface area contributed by atoms with Gasteiger partial charge in [0, 0.05) is 30.8 Å². The van der Waals surface area contributed by atoms with E-state index >= 15 is 0 Å². The van der Waals surface area contributed by atoms with Gasteiger partial charge in [0.25, 0.3) is 0 Å². The lowest BCUT2D eigenvalue weighted by atomic mass is 9.93. The van der Waals surface area contributed by atoms with Crippen molar-refractivity contribution >= 4 is 11.6 Å². The van der Waals surface area contributed by atoms with Gasteiger partial charge in [-0.2, -0.15) is 0 Å². The SMILES string of the molecule is CCC[C@H]1CCc2ccccc2N1CC(=O)NC[C@H]1CCOC1. The summed E-state index contributed by atoms with van der Waals surface area (Å²) in [5, 5.41) is 3.10. The maximum atomic E-state index is 12.4. The van der Waals surface area contributed by atoms with Crippen LogP contribution in [0.15, 0.2) is 24.3 Å². The molecule has 0 spiro atoms. The van der Waals surface area contributed by atoms with Crippen LogP contribution < -0.4 is 10.2 Å². The molecule has 4 nitrogen and oxygen atoms in total. The summed E-state index contributed by atoms with van der Waals surface area (Å²) in [6.45, 7) is 5.05. The van der Waals surface area contributed by atoms with Crippen LogP contribution in [0.5, 0.6) is 0 Å². The Morgan fingerprint density at radius 2 is 2.22 bits per heavy atom. The molecule has 2 aliphatic heterocycles. The summed E-state index contributed by atoms with van der Waals surface area (Å²) in [6.07, 6.45) is 5.64. The van der Waals surface area contributed by atoms with Crippen LogP contribution in [0.4, 0.5) is 5.69 Å². The maximum absolute atomic E-state index is 12.4. The van der Waals surface area contributed by atoms with Crippen molar-refractivity contribution in [1.82, 2.24) is 5.32 Å². The molecule has 4 heteroatoms. The Morgan fingerprint density at radius 1 is 1.35 bits per heavy atom. The molecule has 126 valence electrons. The van der Waals surface area contributed by atoms with E-state index in [2.05, 4.69) is 41.4 Å². The lowest BCUT2D eigenvalue weighted by Crippen LogP contribution is -2.46. The van der Waals surface area contributed by atoms with Crippen molar-refractivity contribution in [3.63, 3.8) is 0 Å². The van der Waals surface area contributed by atoms with E-state index in [1.165, 1.54) is 11.3 Å². The minimum absolute atomic E-state index is 0.134. The number of ether oxygens (including phenoxy) is 1. The molecule has 1 saturated heterocycles. The first-order valence-corrected chi connectivity index (χ1v) is 8.97. The Kier molecular flexibility index (Phi) is 5.55. The highest BCUT2D eigenvalue weighted by atomic mass is 16.5. The number of nitrogens with one attached hydrogen (secondary N) is 1. The first kappa shape index (κ1) is 16.3. The fraction of sp³-hybridized carbons (Fsp3) is 0.632. The first-order chi connectivity index (χ1) is 11.3. The van der Waals surface area contributed by atoms with Crippen LogP contribution in [0.25, 0.3) is 0 Å². The fourth-order valence-corrected chi connectivity index (χ4v) is 3.74. The Morgan fingerprint density at radius 3 is 3.00 bits per heavy atom. The van der Waals surface area contributed by atoms with Crippen molar-refractivity contribution in [3.05, 3.63) is 29.8 Å². The molecule has 0 radical (unpaired) electrons. The minimum atomic E-state index is 0.134. The first-order valence-electron chi connectivity index (χ1n) is 8.97. The van der Waals surface area contributed by atoms with Crippen molar-refractivity contribution < 1.29 is 9.53 Å². The average molecular weight is 316 g/mol. The smallest absolute Gasteiger partial charge is 0.239 e. The lowest BCUT2D eigenvalue weighted by molar-refractivity contribution is -0.120. The second-order valence-corrected chi connectivity index (χ2v) is 6.77. The molecule has 3 rings (SSSR count). The lowest BCUT2D eigenvalue weighted by Gasteiger charge is -2.38. The minimum Gasteiger partial charge on any atom is -0.381 e. The monoisotopic (exact) mass is 316 g/mol. The third-order valence-corrected chi connectivity index (χ3v) is 5.04. The summed E-state index contributed by atoms with van der Waals surface area (Å²) in [5.41, 5.74) is 2.62. The predicted molar refractivity (Wildman–Crippen MR) is 92.7 cm³/mol. The van der Waals surface area contributed by atoms with E-state index in [0.29, 0.717) is 18.5 Å². The third-order valence-electron chi connectivity index (χ3n) is 5.04. The van der Waals surface area contributed by atoms with Crippen LogP contribution in [0.3, 0.4) is 0 Å². The van der Waals surface area contributed by atoms with Crippen LogP contribution >= 0.6 is 0 Å². The summed E-state index contributed by atoms with van der Waals surface area (Å²) in [5.74, 6) is 0.619. The van der Waals surface area contributed by atoms with E-state index < -0.39 is 0 Å². The van der Waals surface area contributed by atoms with Gasteiger partial charge in [0.15, 0.2) is 0 Å². The van der Waals surface area contributed by atoms with Gasteiger partial charge < -0.3 is 15.0 Å². The number of nitrogens with zero attached hydrogens (tertiary/aromatic N) is 1. The highest BCUT2D eigenvalue weighted by Crippen LogP contribution is 2.32. The van der Waals surface area contributed by atoms with Gasteiger partial charge in [-0.25, -0.2) is 0 Å². The largest absolute Gasteiger partial charge is 0.381 e. The van der Waals surface area contributed by atoms with Crippen LogP contribution in [0.2, 0.25) is 0 Å². The number of anilines is 1. The highest BCUT2D eigenvalue weighted by molar-refractivity contribution is 5.82. The number of para-hydroxylation sites is 1. The molecular weight excluding hydrogens is 288 g/mol. The quantitative estimate of drug-likeness (QED) is 0.877. The van der Waals surface area contributed by atoms with Gasteiger partial charge in [0.05, 0.1) is 13.2 Å². The number of hydrogen-bond donors (Lipinski definition) is 1. The van der Waals surface area contributed by atoms with Gasteiger partial charge in [-0.1, -0.05) is 31.5 Å². The van der Waals surface area contributed by atoms with E-state index in [1.807, 2.05) is 0 Å². The zero-order valence-electron chi connectivity index (χ0n) is 14.1. The summed E-state index contributed by atoms with van der Waals surface area (Å²) in [6, 6.07) is 9.01. The number of fused-ring (bicyclic) bond motifs is 1. The van der Waals surface area contributed by atoms with Gasteiger partial charge in [0.2, 0.25) is 5.91 Å². The van der Waals surface area contributed by atoms with Gasteiger partial charge in [-0.3, -0.25) is 4.79 Å². The standard InChI is InChI=1S/C19H28N2O2/c1-2-5-17-9-8-16-6-3-4-7-18(16)21(17)13-19(22)20-12-15-10-11-23-14-15/h3-4,6-7,15,17H,2,5,8-14H2,1H3,(H,20,22)/t15-,17+/m1/s1. The summed E-state index contributed by atoms with van der Waals surface area (Å²) < 4.78 is 5.37. The van der Waals surface area contributed by atoms with Crippen LogP contribution in [0.1, 0.15) is 38.2 Å². The van der Waals surface area contributed by atoms with E-state index in [4.69, 9.17) is 4.74 Å². The number of hydrogen-bond acceptors (Lipinski definition) is 3. The molecule has 23 heavy (non-hydrogen) atoms. The molecule has 0 bridgehead atoms. The zero-order chi connectivity index (χ0) is 16.1. The second-order valence-electron chi connectivity index (χ2n) is 6.77. The molecule has 2 heterocycles. The Bertz CT molecular complexity index is 526. The zero-order valence-corrected chi connectivity index (χ0v) is 14.1. The molecule has 0 saturated carbocycles. The topological polar surface area (TPSA) is 41.6 Å². The van der Waals surface area contributed by atoms with Gasteiger partial charge in [0.1, 0.15) is 0 Å². The molecule has 0 aliphatic carbocycles. The number of aryl methyl sites for hydroxylation is 1. The fourth-order valence-electron chi connectivity index (χ4n) is 3.74. The third kappa shape index (κ3) is 4.05. The molecule has 1 amide bonds. The van der Waals surface area contributed by atoms with Crippen molar-refractivity contribution in [2.75, 3.05) is 31.2 Å². The molecule has 2 atom stereocenters. The van der Waals surface area contributed by atoms with E-state index in [1.54, 1.807) is 0 Å². The van der Waals surface area contributed by atoms with Gasteiger partial charge in [-0.15, -0.1) is 0 Å². The number of carbonyl (C=O) groups excluding carboxylic acids is 1. The van der Waals surface area contributed by atoms with Crippen molar-refractivity contribution in [2.24, 2.45) is 5.92 Å². The summed E-state index contributed by atoms with van der Waals surface area (Å²) in [7, 11) is 0. The van der Waals surface area contributed by atoms with Gasteiger partial charge >= 0.3 is 0 Å². The summed E-state index contributed by atoms with van der Waals surface area (Å²) >= 11 is 0. The molecule has 0 unspecified atom stereocenters. The predicted octanol–water partition coefficient (Wildman–Crippen LogP) is 2.76. The van der Waals surface area contributed by atoms with Crippen LogP contribution in [-0.4, -0.2) is 38.3 Å². The van der Waals surface area contributed by atoms with E-state index in [0.717, 1.165) is 51.9 Å². The molecule has 2 aliphatic rings. The van der Waals surface area contributed by atoms with Crippen molar-refractivity contribution in [1.29, 1.82) is 0 Å². The van der Waals surface area contributed by atoms with Crippen molar-refractivity contribution in [3.8, 4) is 0 Å². The normalized spacial score (nSPS) is 23.6. The molecule has 1 fully saturated rings. The van der Waals surface area contributed by atoms with E-state index in [9.17, 15) is 4.79 Å². The van der Waals surface area contributed by atoms with Crippen LogP contribution in [0, 0.1) is 5.92 Å². The van der Waals surface area contributed by atoms with E-state index in [-0.39, 0.29) is 5.91 Å². The number of benzene rings is 1. The van der Waals surface area contributed by atoms with Crippen LogP contribution in [-0.2, 0) is 16.0 Å². The maximum Gasteiger partial charge on any atom is 0.239 e. The average Bonchev–Trinajstić information content (AvgIpc) is 3.09. The number of rotatable bonds is 6. The van der Waals surface area contributed by atoms with Gasteiger partial charge in [-0.05, 0) is 37.3 Å². The molecule has 1 aromatic rings. The molecule has 1 aromatic carbocycles. The number of carbonyl (C=O) groups is 1. The number of amides is 1. The Hall–Kier alpha value is -1.55. The molecule has 0 aromatic heterocycles. The van der Waals surface area contributed by atoms with Crippen molar-refractivity contribution in [2.45, 2.75) is 45.1 Å². The molecular formula is C19H28N2O2.